The van der Waals surface area contributed by atoms with Gasteiger partial charge in [-0.1, -0.05) is 12.1 Å². The fourth-order valence-electron chi connectivity index (χ4n) is 1.83. The Labute approximate surface area is 130 Å². The van der Waals surface area contributed by atoms with Crippen molar-refractivity contribution in [3.63, 3.8) is 0 Å². The summed E-state index contributed by atoms with van der Waals surface area (Å²) in [6.45, 7) is 3.72. The van der Waals surface area contributed by atoms with Gasteiger partial charge >= 0.3 is 0 Å². The van der Waals surface area contributed by atoms with Crippen molar-refractivity contribution in [1.29, 1.82) is 0 Å². The average molecular weight is 356 g/mol. The molecular formula is C12H18ClNO5S2. The first kappa shape index (κ1) is 18.4. The first-order valence-corrected chi connectivity index (χ1v) is 9.91. The van der Waals surface area contributed by atoms with Crippen molar-refractivity contribution in [2.24, 2.45) is 0 Å². The largest absolute Gasteiger partial charge is 0.383 e. The molecule has 1 aromatic rings. The Morgan fingerprint density at radius 2 is 1.67 bits per heavy atom. The highest BCUT2D eigenvalue weighted by Gasteiger charge is 2.31. The number of benzene rings is 1. The third-order valence-electron chi connectivity index (χ3n) is 2.79. The molecule has 9 heteroatoms. The molecule has 0 aliphatic rings. The summed E-state index contributed by atoms with van der Waals surface area (Å²) in [6.07, 6.45) is 0. The summed E-state index contributed by atoms with van der Waals surface area (Å²) >= 11 is 0. The monoisotopic (exact) mass is 355 g/mol. The number of methoxy groups -OCH3 is 1. The molecule has 0 heterocycles. The zero-order valence-electron chi connectivity index (χ0n) is 12.0. The number of sulfonamides is 1. The molecule has 0 aliphatic carbocycles. The minimum absolute atomic E-state index is 0.118. The number of nitrogens with zero attached hydrogens (tertiary/aromatic N) is 1. The molecule has 0 saturated heterocycles. The highest BCUT2D eigenvalue weighted by molar-refractivity contribution is 8.14. The molecule has 0 fully saturated rings. The molecule has 0 spiro atoms. The summed E-state index contributed by atoms with van der Waals surface area (Å²) in [5.74, 6) is 0. The normalized spacial score (nSPS) is 13.0. The molecule has 0 amide bonds. The lowest BCUT2D eigenvalue weighted by atomic mass is 10.4. The van der Waals surface area contributed by atoms with Crippen molar-refractivity contribution in [1.82, 2.24) is 4.31 Å². The van der Waals surface area contributed by atoms with Gasteiger partial charge in [-0.05, 0) is 26.0 Å². The fourth-order valence-corrected chi connectivity index (χ4v) is 5.26. The maximum absolute atomic E-state index is 12.7. The van der Waals surface area contributed by atoms with E-state index >= 15 is 0 Å². The molecule has 0 aliphatic heterocycles. The van der Waals surface area contributed by atoms with Gasteiger partial charge in [-0.2, -0.15) is 4.31 Å². The molecule has 0 unspecified atom stereocenters. The molecule has 0 radical (unpaired) electrons. The van der Waals surface area contributed by atoms with Crippen LogP contribution in [0, 0.1) is 0 Å². The molecule has 0 atom stereocenters. The number of hydrogen-bond donors (Lipinski definition) is 0. The van der Waals surface area contributed by atoms with Crippen molar-refractivity contribution in [3.8, 4) is 0 Å². The minimum Gasteiger partial charge on any atom is -0.383 e. The van der Waals surface area contributed by atoms with Crippen LogP contribution in [0.5, 0.6) is 0 Å². The van der Waals surface area contributed by atoms with Crippen molar-refractivity contribution < 1.29 is 21.6 Å². The van der Waals surface area contributed by atoms with Crippen LogP contribution in [0.2, 0.25) is 0 Å². The van der Waals surface area contributed by atoms with E-state index in [4.69, 9.17) is 15.4 Å². The van der Waals surface area contributed by atoms with Gasteiger partial charge in [-0.25, -0.2) is 16.8 Å². The number of ether oxygens (including phenoxy) is 1. The molecular weight excluding hydrogens is 338 g/mol. The van der Waals surface area contributed by atoms with Crippen molar-refractivity contribution in [2.75, 3.05) is 20.3 Å². The number of hydrogen-bond acceptors (Lipinski definition) is 5. The van der Waals surface area contributed by atoms with Crippen LogP contribution in [-0.2, 0) is 23.8 Å². The van der Waals surface area contributed by atoms with E-state index in [9.17, 15) is 16.8 Å². The van der Waals surface area contributed by atoms with Crippen molar-refractivity contribution in [2.45, 2.75) is 29.7 Å². The van der Waals surface area contributed by atoms with Crippen LogP contribution < -0.4 is 0 Å². The molecule has 21 heavy (non-hydrogen) atoms. The maximum atomic E-state index is 12.7. The second kappa shape index (κ2) is 7.06. The van der Waals surface area contributed by atoms with Crippen LogP contribution in [0.1, 0.15) is 13.8 Å². The highest BCUT2D eigenvalue weighted by Crippen LogP contribution is 2.27. The third-order valence-corrected chi connectivity index (χ3v) is 6.43. The number of halogens is 1. The van der Waals surface area contributed by atoms with Gasteiger partial charge in [0, 0.05) is 30.4 Å². The van der Waals surface area contributed by atoms with E-state index in [0.29, 0.717) is 0 Å². The molecule has 0 N–H and O–H groups in total. The lowest BCUT2D eigenvalue weighted by Gasteiger charge is -2.26. The third kappa shape index (κ3) is 4.40. The topological polar surface area (TPSA) is 80.8 Å². The van der Waals surface area contributed by atoms with Crippen LogP contribution in [0.3, 0.4) is 0 Å². The predicted octanol–water partition coefficient (Wildman–Crippen LogP) is 1.66. The summed E-state index contributed by atoms with van der Waals surface area (Å²) in [4.78, 5) is -0.750. The molecule has 0 bridgehead atoms. The van der Waals surface area contributed by atoms with Gasteiger partial charge in [-0.3, -0.25) is 0 Å². The first-order chi connectivity index (χ1) is 9.62. The first-order valence-electron chi connectivity index (χ1n) is 6.17. The Morgan fingerprint density at radius 3 is 2.10 bits per heavy atom. The molecule has 6 nitrogen and oxygen atoms in total. The fraction of sp³-hybridized carbons (Fsp3) is 0.500. The summed E-state index contributed by atoms with van der Waals surface area (Å²) in [7, 11) is -1.37. The average Bonchev–Trinajstić information content (AvgIpc) is 2.37. The lowest BCUT2D eigenvalue weighted by Crippen LogP contribution is -2.39. The number of rotatable bonds is 7. The van der Waals surface area contributed by atoms with E-state index in [0.717, 1.165) is 0 Å². The van der Waals surface area contributed by atoms with Gasteiger partial charge in [0.15, 0.2) is 0 Å². The predicted molar refractivity (Wildman–Crippen MR) is 80.4 cm³/mol. The van der Waals surface area contributed by atoms with Gasteiger partial charge in [0.1, 0.15) is 9.79 Å². The maximum Gasteiger partial charge on any atom is 0.262 e. The van der Waals surface area contributed by atoms with E-state index in [-0.39, 0.29) is 24.1 Å². The highest BCUT2D eigenvalue weighted by atomic mass is 35.7. The van der Waals surface area contributed by atoms with Gasteiger partial charge < -0.3 is 4.74 Å². The Kier molecular flexibility index (Phi) is 6.18. The molecule has 120 valence electrons. The standard InChI is InChI=1S/C12H18ClNO5S2/c1-10(2)14(8-9-19-3)21(17,18)12-7-5-4-6-11(12)20(13,15)16/h4-7,10H,8-9H2,1-3H3. The Morgan fingerprint density at radius 1 is 1.14 bits per heavy atom. The Hall–Kier alpha value is -0.670. The summed E-state index contributed by atoms with van der Waals surface area (Å²) in [5.41, 5.74) is 0. The van der Waals surface area contributed by atoms with Crippen LogP contribution in [0.4, 0.5) is 0 Å². The zero-order valence-corrected chi connectivity index (χ0v) is 14.4. The second-order valence-electron chi connectivity index (χ2n) is 4.59. The van der Waals surface area contributed by atoms with E-state index in [2.05, 4.69) is 0 Å². The Balaban J connectivity index is 3.43. The summed E-state index contributed by atoms with van der Waals surface area (Å²) < 4.78 is 54.6. The van der Waals surface area contributed by atoms with E-state index in [1.54, 1.807) is 13.8 Å². The summed E-state index contributed by atoms with van der Waals surface area (Å²) in [6, 6.07) is 4.92. The second-order valence-corrected chi connectivity index (χ2v) is 8.98. The smallest absolute Gasteiger partial charge is 0.262 e. The van der Waals surface area contributed by atoms with E-state index in [1.165, 1.54) is 35.7 Å². The Bertz CT molecular complexity index is 685. The van der Waals surface area contributed by atoms with Crippen LogP contribution in [0.25, 0.3) is 0 Å². The molecule has 1 aromatic carbocycles. The minimum atomic E-state index is -4.16. The van der Waals surface area contributed by atoms with Crippen LogP contribution in [0.15, 0.2) is 34.1 Å². The van der Waals surface area contributed by atoms with Gasteiger partial charge in [-0.15, -0.1) is 0 Å². The SMILES string of the molecule is COCCN(C(C)C)S(=O)(=O)c1ccccc1S(=O)(=O)Cl. The molecule has 0 saturated carbocycles. The quantitative estimate of drug-likeness (QED) is 0.695. The molecule has 1 rings (SSSR count). The van der Waals surface area contributed by atoms with E-state index < -0.39 is 24.0 Å². The van der Waals surface area contributed by atoms with Gasteiger partial charge in [0.05, 0.1) is 6.61 Å². The van der Waals surface area contributed by atoms with E-state index in [1.807, 2.05) is 0 Å². The van der Waals surface area contributed by atoms with Crippen molar-refractivity contribution in [3.05, 3.63) is 24.3 Å². The lowest BCUT2D eigenvalue weighted by molar-refractivity contribution is 0.171. The van der Waals surface area contributed by atoms with Gasteiger partial charge in [0.2, 0.25) is 10.0 Å². The van der Waals surface area contributed by atoms with Crippen LogP contribution in [-0.4, -0.2) is 47.4 Å². The van der Waals surface area contributed by atoms with Crippen molar-refractivity contribution >= 4 is 29.8 Å². The zero-order chi connectivity index (χ0) is 16.3. The summed E-state index contributed by atoms with van der Waals surface area (Å²) in [5, 5.41) is 0. The van der Waals surface area contributed by atoms with Gasteiger partial charge in [0.25, 0.3) is 9.05 Å². The molecule has 0 aromatic heterocycles. The van der Waals surface area contributed by atoms with Crippen LogP contribution >= 0.6 is 10.7 Å².